The van der Waals surface area contributed by atoms with Crippen molar-refractivity contribution in [2.24, 2.45) is 0 Å². The van der Waals surface area contributed by atoms with E-state index in [0.29, 0.717) is 33.2 Å². The number of methoxy groups -OCH3 is 1. The van der Waals surface area contributed by atoms with Crippen LogP contribution in [0.15, 0.2) is 29.2 Å². The molecule has 140 valence electrons. The SMILES string of the molecule is COC(=O)c1c(C)[nH]c(C(=O)OCc2cc(=O)n3cc(Cl)ccc3n2)c1C. The van der Waals surface area contributed by atoms with Crippen LogP contribution >= 0.6 is 11.6 Å². The van der Waals surface area contributed by atoms with E-state index >= 15 is 0 Å². The molecule has 0 aliphatic rings. The third-order valence-electron chi connectivity index (χ3n) is 4.06. The van der Waals surface area contributed by atoms with Crippen molar-refractivity contribution in [3.05, 3.63) is 68.0 Å². The smallest absolute Gasteiger partial charge is 0.355 e. The Balaban J connectivity index is 1.82. The summed E-state index contributed by atoms with van der Waals surface area (Å²) in [7, 11) is 1.27. The van der Waals surface area contributed by atoms with Gasteiger partial charge in [-0.2, -0.15) is 0 Å². The lowest BCUT2D eigenvalue weighted by molar-refractivity contribution is 0.0460. The summed E-state index contributed by atoms with van der Waals surface area (Å²) < 4.78 is 11.3. The fourth-order valence-electron chi connectivity index (χ4n) is 2.77. The van der Waals surface area contributed by atoms with Gasteiger partial charge in [-0.1, -0.05) is 11.6 Å². The minimum Gasteiger partial charge on any atom is -0.465 e. The molecular weight excluding hydrogens is 374 g/mol. The van der Waals surface area contributed by atoms with Crippen LogP contribution in [0.2, 0.25) is 5.02 Å². The van der Waals surface area contributed by atoms with Crippen molar-refractivity contribution in [3.8, 4) is 0 Å². The van der Waals surface area contributed by atoms with Gasteiger partial charge in [0.25, 0.3) is 5.56 Å². The number of fused-ring (bicyclic) bond motifs is 1. The van der Waals surface area contributed by atoms with Crippen molar-refractivity contribution in [3.63, 3.8) is 0 Å². The minimum absolute atomic E-state index is 0.150. The van der Waals surface area contributed by atoms with Gasteiger partial charge in [0, 0.05) is 18.0 Å². The van der Waals surface area contributed by atoms with Crippen molar-refractivity contribution < 1.29 is 19.1 Å². The predicted molar refractivity (Wildman–Crippen MR) is 97.2 cm³/mol. The monoisotopic (exact) mass is 389 g/mol. The number of pyridine rings is 1. The highest BCUT2D eigenvalue weighted by atomic mass is 35.5. The minimum atomic E-state index is -0.663. The van der Waals surface area contributed by atoms with E-state index in [1.165, 1.54) is 23.8 Å². The number of rotatable bonds is 4. The number of hydrogen-bond donors (Lipinski definition) is 1. The number of aromatic amines is 1. The lowest BCUT2D eigenvalue weighted by Crippen LogP contribution is -2.17. The van der Waals surface area contributed by atoms with Crippen LogP contribution in [0.4, 0.5) is 0 Å². The largest absolute Gasteiger partial charge is 0.465 e. The van der Waals surface area contributed by atoms with E-state index in [9.17, 15) is 14.4 Å². The van der Waals surface area contributed by atoms with Crippen molar-refractivity contribution in [2.45, 2.75) is 20.5 Å². The van der Waals surface area contributed by atoms with Crippen LogP contribution in [0.1, 0.15) is 37.8 Å². The molecule has 0 saturated heterocycles. The number of carbonyl (C=O) groups is 2. The van der Waals surface area contributed by atoms with Gasteiger partial charge in [0.2, 0.25) is 0 Å². The molecular formula is C18H16ClN3O5. The Morgan fingerprint density at radius 1 is 1.26 bits per heavy atom. The van der Waals surface area contributed by atoms with Gasteiger partial charge in [0.1, 0.15) is 17.9 Å². The van der Waals surface area contributed by atoms with Crippen LogP contribution in [0.3, 0.4) is 0 Å². The molecule has 0 amide bonds. The predicted octanol–water partition coefficient (Wildman–Crippen LogP) is 2.44. The van der Waals surface area contributed by atoms with Gasteiger partial charge in [-0.15, -0.1) is 0 Å². The van der Waals surface area contributed by atoms with E-state index in [0.717, 1.165) is 0 Å². The highest BCUT2D eigenvalue weighted by Crippen LogP contribution is 2.20. The number of halogens is 1. The molecule has 0 spiro atoms. The molecule has 8 nitrogen and oxygen atoms in total. The zero-order chi connectivity index (χ0) is 19.7. The van der Waals surface area contributed by atoms with E-state index in [1.54, 1.807) is 26.0 Å². The number of ether oxygens (including phenoxy) is 2. The molecule has 0 aliphatic carbocycles. The quantitative estimate of drug-likeness (QED) is 0.687. The summed E-state index contributed by atoms with van der Waals surface area (Å²) in [6.07, 6.45) is 1.46. The summed E-state index contributed by atoms with van der Waals surface area (Å²) in [6, 6.07) is 4.47. The Morgan fingerprint density at radius 3 is 2.70 bits per heavy atom. The topological polar surface area (TPSA) is 103 Å². The zero-order valence-corrected chi connectivity index (χ0v) is 15.6. The number of hydrogen-bond acceptors (Lipinski definition) is 6. The summed E-state index contributed by atoms with van der Waals surface area (Å²) in [5, 5.41) is 0.407. The lowest BCUT2D eigenvalue weighted by atomic mass is 10.1. The summed E-state index contributed by atoms with van der Waals surface area (Å²) >= 11 is 5.87. The first-order valence-electron chi connectivity index (χ1n) is 7.94. The maximum atomic E-state index is 12.4. The maximum Gasteiger partial charge on any atom is 0.355 e. The van der Waals surface area contributed by atoms with Crippen LogP contribution in [0.5, 0.6) is 0 Å². The average Bonchev–Trinajstić information content (AvgIpc) is 2.94. The number of esters is 2. The Hall–Kier alpha value is -3.13. The van der Waals surface area contributed by atoms with Crippen LogP contribution in [0, 0.1) is 13.8 Å². The van der Waals surface area contributed by atoms with E-state index in [2.05, 4.69) is 9.97 Å². The number of H-pyrrole nitrogens is 1. The first kappa shape index (κ1) is 18.7. The summed E-state index contributed by atoms with van der Waals surface area (Å²) in [6.45, 7) is 3.09. The molecule has 0 aromatic carbocycles. The van der Waals surface area contributed by atoms with Gasteiger partial charge >= 0.3 is 11.9 Å². The van der Waals surface area contributed by atoms with Crippen molar-refractivity contribution in [2.75, 3.05) is 7.11 Å². The Kier molecular flexibility index (Phi) is 5.00. The molecule has 0 radical (unpaired) electrons. The van der Waals surface area contributed by atoms with E-state index in [1.807, 2.05) is 0 Å². The van der Waals surface area contributed by atoms with E-state index < -0.39 is 11.9 Å². The van der Waals surface area contributed by atoms with Gasteiger partial charge in [-0.3, -0.25) is 9.20 Å². The first-order chi connectivity index (χ1) is 12.8. The average molecular weight is 390 g/mol. The summed E-state index contributed by atoms with van der Waals surface area (Å²) in [5.41, 5.74) is 1.73. The van der Waals surface area contributed by atoms with Crippen molar-refractivity contribution in [1.82, 2.24) is 14.4 Å². The van der Waals surface area contributed by atoms with Crippen LogP contribution in [-0.4, -0.2) is 33.4 Å². The molecule has 0 saturated carbocycles. The second-order valence-electron chi connectivity index (χ2n) is 5.85. The van der Waals surface area contributed by atoms with E-state index in [4.69, 9.17) is 21.1 Å². The number of nitrogens with one attached hydrogen (secondary N) is 1. The molecule has 3 aromatic rings. The standard InChI is InChI=1S/C18H16ClN3O5/c1-9-15(17(24)26-3)10(2)20-16(9)18(25)27-8-12-6-14(23)22-7-11(19)4-5-13(22)21-12/h4-7,20H,8H2,1-3H3. The van der Waals surface area contributed by atoms with Crippen molar-refractivity contribution >= 4 is 29.2 Å². The third kappa shape index (κ3) is 3.56. The highest BCUT2D eigenvalue weighted by molar-refractivity contribution is 6.30. The fraction of sp³-hybridized carbons (Fsp3) is 0.222. The van der Waals surface area contributed by atoms with Crippen LogP contribution < -0.4 is 5.56 Å². The molecule has 27 heavy (non-hydrogen) atoms. The Labute approximate surface area is 158 Å². The fourth-order valence-corrected chi connectivity index (χ4v) is 2.93. The molecule has 0 atom stereocenters. The molecule has 0 unspecified atom stereocenters. The maximum absolute atomic E-state index is 12.4. The second-order valence-corrected chi connectivity index (χ2v) is 6.29. The number of aryl methyl sites for hydroxylation is 1. The Bertz CT molecular complexity index is 1120. The van der Waals surface area contributed by atoms with Crippen LogP contribution in [0.25, 0.3) is 5.65 Å². The van der Waals surface area contributed by atoms with Gasteiger partial charge in [-0.05, 0) is 31.5 Å². The second kappa shape index (κ2) is 7.24. The highest BCUT2D eigenvalue weighted by Gasteiger charge is 2.23. The molecule has 0 fully saturated rings. The third-order valence-corrected chi connectivity index (χ3v) is 4.28. The number of aromatic nitrogens is 3. The van der Waals surface area contributed by atoms with Gasteiger partial charge in [0.15, 0.2) is 0 Å². The number of carbonyl (C=O) groups excluding carboxylic acids is 2. The molecule has 0 bridgehead atoms. The van der Waals surface area contributed by atoms with Gasteiger partial charge in [0.05, 0.1) is 23.4 Å². The summed E-state index contributed by atoms with van der Waals surface area (Å²) in [5.74, 6) is -1.20. The lowest BCUT2D eigenvalue weighted by Gasteiger charge is -2.06. The Morgan fingerprint density at radius 2 is 2.00 bits per heavy atom. The van der Waals surface area contributed by atoms with Gasteiger partial charge < -0.3 is 14.5 Å². The summed E-state index contributed by atoms with van der Waals surface area (Å²) in [4.78, 5) is 43.4. The molecule has 0 aliphatic heterocycles. The molecule has 3 heterocycles. The molecule has 1 N–H and O–H groups in total. The van der Waals surface area contributed by atoms with Gasteiger partial charge in [-0.25, -0.2) is 14.6 Å². The normalized spacial score (nSPS) is 10.8. The van der Waals surface area contributed by atoms with E-state index in [-0.39, 0.29) is 17.9 Å². The molecule has 9 heteroatoms. The first-order valence-corrected chi connectivity index (χ1v) is 8.32. The molecule has 3 rings (SSSR count). The van der Waals surface area contributed by atoms with Crippen molar-refractivity contribution in [1.29, 1.82) is 0 Å². The zero-order valence-electron chi connectivity index (χ0n) is 14.8. The molecule has 3 aromatic heterocycles. The number of nitrogens with zero attached hydrogens (tertiary/aromatic N) is 2. The van der Waals surface area contributed by atoms with Crippen LogP contribution in [-0.2, 0) is 16.1 Å².